The molecule has 1 saturated carbocycles. The van der Waals surface area contributed by atoms with Gasteiger partial charge in [0.2, 0.25) is 0 Å². The van der Waals surface area contributed by atoms with E-state index in [0.717, 1.165) is 24.2 Å². The van der Waals surface area contributed by atoms with Crippen molar-refractivity contribution in [2.24, 2.45) is 16.7 Å². The minimum Gasteiger partial charge on any atom is -0.497 e. The molecule has 0 amide bonds. The average Bonchev–Trinajstić information content (AvgIpc) is 2.69. The van der Waals surface area contributed by atoms with Gasteiger partial charge in [-0.3, -0.25) is 0 Å². The van der Waals surface area contributed by atoms with Crippen LogP contribution in [0.4, 0.5) is 0 Å². The SMILES string of the molecule is COc1ccc([C@@H](O)[C@@H]2CC[C@](C)(CO)C2(C)C)cc1. The largest absolute Gasteiger partial charge is 0.497 e. The van der Waals surface area contributed by atoms with E-state index < -0.39 is 6.10 Å². The molecule has 0 bridgehead atoms. The third-order valence-electron chi connectivity index (χ3n) is 5.68. The number of benzene rings is 1. The fourth-order valence-electron chi connectivity index (χ4n) is 3.47. The fourth-order valence-corrected chi connectivity index (χ4v) is 3.47. The maximum absolute atomic E-state index is 10.7. The number of hydrogen-bond acceptors (Lipinski definition) is 3. The molecule has 0 saturated heterocycles. The van der Waals surface area contributed by atoms with Crippen molar-refractivity contribution in [1.82, 2.24) is 0 Å². The van der Waals surface area contributed by atoms with Gasteiger partial charge in [-0.15, -0.1) is 0 Å². The Kier molecular flexibility index (Phi) is 4.12. The Balaban J connectivity index is 2.23. The Morgan fingerprint density at radius 2 is 1.85 bits per heavy atom. The van der Waals surface area contributed by atoms with Crippen molar-refractivity contribution in [1.29, 1.82) is 0 Å². The summed E-state index contributed by atoms with van der Waals surface area (Å²) in [6, 6.07) is 7.61. The van der Waals surface area contributed by atoms with Crippen molar-refractivity contribution >= 4 is 0 Å². The molecule has 3 nitrogen and oxygen atoms in total. The van der Waals surface area contributed by atoms with Crippen LogP contribution in [0.15, 0.2) is 24.3 Å². The van der Waals surface area contributed by atoms with Gasteiger partial charge < -0.3 is 14.9 Å². The lowest BCUT2D eigenvalue weighted by molar-refractivity contribution is -0.0212. The van der Waals surface area contributed by atoms with Crippen molar-refractivity contribution in [3.05, 3.63) is 29.8 Å². The Bertz CT molecular complexity index is 452. The zero-order chi connectivity index (χ0) is 15.0. The van der Waals surface area contributed by atoms with Gasteiger partial charge in [0, 0.05) is 6.61 Å². The van der Waals surface area contributed by atoms with Gasteiger partial charge in [0.1, 0.15) is 5.75 Å². The smallest absolute Gasteiger partial charge is 0.118 e. The molecule has 20 heavy (non-hydrogen) atoms. The summed E-state index contributed by atoms with van der Waals surface area (Å²) < 4.78 is 5.15. The Morgan fingerprint density at radius 1 is 1.25 bits per heavy atom. The van der Waals surface area contributed by atoms with E-state index in [1.807, 2.05) is 24.3 Å². The van der Waals surface area contributed by atoms with Crippen molar-refractivity contribution in [3.63, 3.8) is 0 Å². The molecule has 112 valence electrons. The molecular weight excluding hydrogens is 252 g/mol. The molecule has 2 N–H and O–H groups in total. The quantitative estimate of drug-likeness (QED) is 0.889. The number of methoxy groups -OCH3 is 1. The molecule has 0 spiro atoms. The van der Waals surface area contributed by atoms with Gasteiger partial charge in [0.05, 0.1) is 13.2 Å². The molecule has 0 aromatic heterocycles. The number of rotatable bonds is 4. The highest BCUT2D eigenvalue weighted by atomic mass is 16.5. The summed E-state index contributed by atoms with van der Waals surface area (Å²) in [6.45, 7) is 6.61. The van der Waals surface area contributed by atoms with Crippen LogP contribution in [0.2, 0.25) is 0 Å². The molecule has 0 radical (unpaired) electrons. The molecular formula is C17H26O3. The molecule has 0 unspecified atom stereocenters. The first-order chi connectivity index (χ1) is 9.35. The predicted molar refractivity (Wildman–Crippen MR) is 79.7 cm³/mol. The van der Waals surface area contributed by atoms with E-state index in [4.69, 9.17) is 4.74 Å². The van der Waals surface area contributed by atoms with E-state index in [1.54, 1.807) is 7.11 Å². The summed E-state index contributed by atoms with van der Waals surface area (Å²) in [4.78, 5) is 0. The van der Waals surface area contributed by atoms with Crippen LogP contribution in [0.5, 0.6) is 5.75 Å². The molecule has 2 rings (SSSR count). The van der Waals surface area contributed by atoms with Gasteiger partial charge in [-0.05, 0) is 47.3 Å². The topological polar surface area (TPSA) is 49.7 Å². The van der Waals surface area contributed by atoms with Crippen LogP contribution in [-0.2, 0) is 0 Å². The second-order valence-corrected chi connectivity index (χ2v) is 6.80. The van der Waals surface area contributed by atoms with E-state index in [1.165, 1.54) is 0 Å². The monoisotopic (exact) mass is 278 g/mol. The molecule has 3 heteroatoms. The third kappa shape index (κ3) is 2.33. The van der Waals surface area contributed by atoms with E-state index in [0.29, 0.717) is 0 Å². The standard InChI is InChI=1S/C17H26O3/c1-16(2)14(9-10-17(16,3)11-18)15(19)12-5-7-13(20-4)8-6-12/h5-8,14-15,18-19H,9-11H2,1-4H3/t14-,15+,17+/m0/s1. The third-order valence-corrected chi connectivity index (χ3v) is 5.68. The van der Waals surface area contributed by atoms with Crippen molar-refractivity contribution in [2.75, 3.05) is 13.7 Å². The minimum absolute atomic E-state index is 0.0961. The maximum atomic E-state index is 10.7. The van der Waals surface area contributed by atoms with E-state index in [2.05, 4.69) is 20.8 Å². The fraction of sp³-hybridized carbons (Fsp3) is 0.647. The molecule has 1 aromatic carbocycles. The van der Waals surface area contributed by atoms with Crippen LogP contribution in [0, 0.1) is 16.7 Å². The van der Waals surface area contributed by atoms with Gasteiger partial charge in [0.25, 0.3) is 0 Å². The lowest BCUT2D eigenvalue weighted by atomic mass is 9.64. The van der Waals surface area contributed by atoms with E-state index in [-0.39, 0.29) is 23.4 Å². The first-order valence-corrected chi connectivity index (χ1v) is 7.28. The lowest BCUT2D eigenvalue weighted by Gasteiger charge is -2.42. The first-order valence-electron chi connectivity index (χ1n) is 7.28. The molecule has 1 aliphatic rings. The number of aliphatic hydroxyl groups is 2. The van der Waals surface area contributed by atoms with Crippen LogP contribution in [-0.4, -0.2) is 23.9 Å². The van der Waals surface area contributed by atoms with Crippen molar-refractivity contribution in [3.8, 4) is 5.75 Å². The zero-order valence-corrected chi connectivity index (χ0v) is 12.9. The molecule has 0 aliphatic heterocycles. The van der Waals surface area contributed by atoms with Gasteiger partial charge in [-0.2, -0.15) is 0 Å². The van der Waals surface area contributed by atoms with Crippen molar-refractivity contribution in [2.45, 2.75) is 39.7 Å². The summed E-state index contributed by atoms with van der Waals surface area (Å²) in [5, 5.41) is 20.4. The minimum atomic E-state index is -0.496. The Hall–Kier alpha value is -1.06. The normalized spacial score (nSPS) is 30.2. The molecule has 3 atom stereocenters. The van der Waals surface area contributed by atoms with E-state index >= 15 is 0 Å². The number of ether oxygens (including phenoxy) is 1. The van der Waals surface area contributed by atoms with Gasteiger partial charge in [-0.25, -0.2) is 0 Å². The summed E-state index contributed by atoms with van der Waals surface area (Å²) in [7, 11) is 1.64. The molecule has 1 aliphatic carbocycles. The summed E-state index contributed by atoms with van der Waals surface area (Å²) >= 11 is 0. The van der Waals surface area contributed by atoms with E-state index in [9.17, 15) is 10.2 Å². The number of hydrogen-bond donors (Lipinski definition) is 2. The Morgan fingerprint density at radius 3 is 2.30 bits per heavy atom. The van der Waals surface area contributed by atoms with Crippen LogP contribution < -0.4 is 4.74 Å². The zero-order valence-electron chi connectivity index (χ0n) is 12.9. The maximum Gasteiger partial charge on any atom is 0.118 e. The van der Waals surface area contributed by atoms with Crippen LogP contribution in [0.3, 0.4) is 0 Å². The second kappa shape index (κ2) is 5.38. The van der Waals surface area contributed by atoms with Gasteiger partial charge in [0.15, 0.2) is 0 Å². The molecule has 1 aromatic rings. The van der Waals surface area contributed by atoms with Crippen molar-refractivity contribution < 1.29 is 14.9 Å². The highest BCUT2D eigenvalue weighted by Gasteiger charge is 2.53. The second-order valence-electron chi connectivity index (χ2n) is 6.80. The summed E-state index contributed by atoms with van der Waals surface area (Å²) in [5.74, 6) is 0.958. The lowest BCUT2D eigenvalue weighted by Crippen LogP contribution is -2.39. The molecule has 1 fully saturated rings. The van der Waals surface area contributed by atoms with Crippen LogP contribution in [0.25, 0.3) is 0 Å². The van der Waals surface area contributed by atoms with Crippen LogP contribution in [0.1, 0.15) is 45.3 Å². The molecule has 0 heterocycles. The summed E-state index contributed by atoms with van der Waals surface area (Å²) in [5.41, 5.74) is 0.706. The first kappa shape index (κ1) is 15.3. The van der Waals surface area contributed by atoms with Gasteiger partial charge >= 0.3 is 0 Å². The van der Waals surface area contributed by atoms with Crippen LogP contribution >= 0.6 is 0 Å². The van der Waals surface area contributed by atoms with Gasteiger partial charge in [-0.1, -0.05) is 32.9 Å². The average molecular weight is 278 g/mol. The highest BCUT2D eigenvalue weighted by molar-refractivity contribution is 5.29. The number of aliphatic hydroxyl groups excluding tert-OH is 2. The Labute approximate surface area is 121 Å². The summed E-state index contributed by atoms with van der Waals surface area (Å²) in [6.07, 6.45) is 1.40. The highest BCUT2D eigenvalue weighted by Crippen LogP contribution is 2.59. The predicted octanol–water partition coefficient (Wildman–Crippen LogP) is 3.16.